The molecular formula is C19H34Cl2N4O2. The van der Waals surface area contributed by atoms with Crippen LogP contribution in [0.2, 0.25) is 0 Å². The van der Waals surface area contributed by atoms with Crippen molar-refractivity contribution in [1.29, 1.82) is 0 Å². The number of carbonyl (C=O) groups is 2. The molecule has 4 aliphatic heterocycles. The molecule has 1 N–H and O–H groups in total. The molecule has 0 aliphatic carbocycles. The quantitative estimate of drug-likeness (QED) is 0.748. The fourth-order valence-corrected chi connectivity index (χ4v) is 5.44. The summed E-state index contributed by atoms with van der Waals surface area (Å²) in [5.41, 5.74) is 0. The minimum absolute atomic E-state index is 0. The molecular weight excluding hydrogens is 387 g/mol. The van der Waals surface area contributed by atoms with Crippen LogP contribution < -0.4 is 5.32 Å². The van der Waals surface area contributed by atoms with Gasteiger partial charge in [0, 0.05) is 44.2 Å². The van der Waals surface area contributed by atoms with Crippen LogP contribution in [0.25, 0.3) is 0 Å². The lowest BCUT2D eigenvalue weighted by atomic mass is 10.1. The van der Waals surface area contributed by atoms with Crippen molar-refractivity contribution in [3.05, 3.63) is 0 Å². The van der Waals surface area contributed by atoms with Crippen LogP contribution in [0.15, 0.2) is 0 Å². The first kappa shape index (κ1) is 22.7. The molecule has 0 aromatic heterocycles. The van der Waals surface area contributed by atoms with E-state index in [0.717, 1.165) is 52.0 Å². The lowest BCUT2D eigenvalue weighted by Crippen LogP contribution is -2.46. The lowest BCUT2D eigenvalue weighted by molar-refractivity contribution is -0.138. The molecule has 8 heteroatoms. The van der Waals surface area contributed by atoms with Crippen molar-refractivity contribution in [1.82, 2.24) is 20.0 Å². The molecule has 156 valence electrons. The number of carbonyl (C=O) groups excluding carboxylic acids is 2. The van der Waals surface area contributed by atoms with Gasteiger partial charge in [-0.1, -0.05) is 6.92 Å². The van der Waals surface area contributed by atoms with E-state index in [2.05, 4.69) is 22.0 Å². The summed E-state index contributed by atoms with van der Waals surface area (Å²) >= 11 is 0. The van der Waals surface area contributed by atoms with Gasteiger partial charge in [0.05, 0.1) is 5.92 Å². The highest BCUT2D eigenvalue weighted by Gasteiger charge is 2.44. The van der Waals surface area contributed by atoms with Crippen LogP contribution in [0.3, 0.4) is 0 Å². The fraction of sp³-hybridized carbons (Fsp3) is 0.895. The van der Waals surface area contributed by atoms with Gasteiger partial charge in [-0.3, -0.25) is 14.5 Å². The van der Waals surface area contributed by atoms with E-state index < -0.39 is 0 Å². The number of amides is 2. The summed E-state index contributed by atoms with van der Waals surface area (Å²) in [5.74, 6) is 0.303. The van der Waals surface area contributed by atoms with E-state index in [1.165, 1.54) is 12.8 Å². The maximum Gasteiger partial charge on any atom is 0.228 e. The molecule has 4 aliphatic rings. The SMILES string of the molecule is CCN1CCCC1CN1CC(C(=O)N2C3CCNCC2CC3)CC1=O.Cl.Cl. The standard InChI is InChI=1S/C19H32N4O2.2ClH/c1-2-21-9-3-4-17(21)13-22-12-14(10-18(22)24)19(25)23-15-5-6-16(23)11-20-8-7-15;;/h14-17,20H,2-13H2,1H3;2*1H. The van der Waals surface area contributed by atoms with E-state index >= 15 is 0 Å². The third-order valence-corrected chi connectivity index (χ3v) is 6.81. The number of likely N-dealkylation sites (N-methyl/N-ethyl adjacent to an activating group) is 1. The Bertz CT molecular complexity index is 522. The zero-order valence-electron chi connectivity index (χ0n) is 16.3. The first-order valence-corrected chi connectivity index (χ1v) is 10.2. The molecule has 0 saturated carbocycles. The second-order valence-electron chi connectivity index (χ2n) is 8.25. The van der Waals surface area contributed by atoms with Gasteiger partial charge in [0.25, 0.3) is 0 Å². The van der Waals surface area contributed by atoms with Gasteiger partial charge in [-0.2, -0.15) is 0 Å². The number of hydrogen-bond acceptors (Lipinski definition) is 4. The highest BCUT2D eigenvalue weighted by molar-refractivity contribution is 5.89. The Kier molecular flexibility index (Phi) is 8.22. The minimum atomic E-state index is -0.120. The van der Waals surface area contributed by atoms with Gasteiger partial charge in [-0.15, -0.1) is 24.8 Å². The smallest absolute Gasteiger partial charge is 0.228 e. The van der Waals surface area contributed by atoms with Gasteiger partial charge in [0.1, 0.15) is 0 Å². The first-order chi connectivity index (χ1) is 12.2. The zero-order valence-corrected chi connectivity index (χ0v) is 17.9. The average molecular weight is 421 g/mol. The first-order valence-electron chi connectivity index (χ1n) is 10.2. The number of likely N-dealkylation sites (tertiary alicyclic amines) is 2. The van der Waals surface area contributed by atoms with Crippen LogP contribution in [-0.2, 0) is 9.59 Å². The van der Waals surface area contributed by atoms with Gasteiger partial charge >= 0.3 is 0 Å². The summed E-state index contributed by atoms with van der Waals surface area (Å²) in [6.07, 6.45) is 6.13. The third kappa shape index (κ3) is 4.55. The van der Waals surface area contributed by atoms with Crippen molar-refractivity contribution >= 4 is 36.6 Å². The van der Waals surface area contributed by atoms with Crippen molar-refractivity contribution < 1.29 is 9.59 Å². The minimum Gasteiger partial charge on any atom is -0.340 e. The normalized spacial score (nSPS) is 33.6. The van der Waals surface area contributed by atoms with E-state index in [0.29, 0.717) is 31.1 Å². The summed E-state index contributed by atoms with van der Waals surface area (Å²) in [6, 6.07) is 1.22. The van der Waals surface area contributed by atoms with Crippen molar-refractivity contribution in [3.8, 4) is 0 Å². The molecule has 4 heterocycles. The van der Waals surface area contributed by atoms with Crippen molar-refractivity contribution in [3.63, 3.8) is 0 Å². The van der Waals surface area contributed by atoms with Crippen molar-refractivity contribution in [2.75, 3.05) is 39.3 Å². The number of nitrogens with one attached hydrogen (secondary N) is 1. The maximum atomic E-state index is 13.2. The topological polar surface area (TPSA) is 55.9 Å². The van der Waals surface area contributed by atoms with Gasteiger partial charge in [-0.05, 0) is 51.7 Å². The molecule has 0 spiro atoms. The average Bonchev–Trinajstić information content (AvgIpc) is 3.25. The predicted molar refractivity (Wildman–Crippen MR) is 111 cm³/mol. The van der Waals surface area contributed by atoms with Crippen LogP contribution in [0, 0.1) is 5.92 Å². The van der Waals surface area contributed by atoms with Gasteiger partial charge in [0.15, 0.2) is 0 Å². The second kappa shape index (κ2) is 9.77. The van der Waals surface area contributed by atoms with E-state index in [-0.39, 0.29) is 42.5 Å². The van der Waals surface area contributed by atoms with E-state index in [1.54, 1.807) is 0 Å². The summed E-state index contributed by atoms with van der Waals surface area (Å²) in [7, 11) is 0. The molecule has 6 nitrogen and oxygen atoms in total. The number of fused-ring (bicyclic) bond motifs is 2. The molecule has 0 aromatic carbocycles. The molecule has 2 amide bonds. The Balaban J connectivity index is 0.00000131. The van der Waals surface area contributed by atoms with Crippen molar-refractivity contribution in [2.45, 2.75) is 63.6 Å². The van der Waals surface area contributed by atoms with Gasteiger partial charge in [0.2, 0.25) is 11.8 Å². The molecule has 4 unspecified atom stereocenters. The largest absolute Gasteiger partial charge is 0.340 e. The Morgan fingerprint density at radius 1 is 1.15 bits per heavy atom. The van der Waals surface area contributed by atoms with Crippen LogP contribution in [0.1, 0.15) is 45.4 Å². The summed E-state index contributed by atoms with van der Waals surface area (Å²) in [6.45, 7) is 7.77. The Hall–Kier alpha value is -0.560. The lowest BCUT2D eigenvalue weighted by Gasteiger charge is -2.31. The van der Waals surface area contributed by atoms with Gasteiger partial charge in [-0.25, -0.2) is 0 Å². The van der Waals surface area contributed by atoms with Crippen LogP contribution in [0.4, 0.5) is 0 Å². The van der Waals surface area contributed by atoms with E-state index in [1.807, 2.05) is 4.90 Å². The van der Waals surface area contributed by atoms with Crippen LogP contribution in [-0.4, -0.2) is 83.9 Å². The summed E-state index contributed by atoms with van der Waals surface area (Å²) in [5, 5.41) is 3.45. The number of nitrogens with zero attached hydrogens (tertiary/aromatic N) is 3. The van der Waals surface area contributed by atoms with Gasteiger partial charge < -0.3 is 15.1 Å². The number of hydrogen-bond donors (Lipinski definition) is 1. The number of halogens is 2. The Morgan fingerprint density at radius 3 is 2.70 bits per heavy atom. The number of rotatable bonds is 4. The molecule has 4 fully saturated rings. The third-order valence-electron chi connectivity index (χ3n) is 6.81. The molecule has 2 bridgehead atoms. The second-order valence-corrected chi connectivity index (χ2v) is 8.25. The Labute approximate surface area is 175 Å². The highest BCUT2D eigenvalue weighted by atomic mass is 35.5. The highest BCUT2D eigenvalue weighted by Crippen LogP contribution is 2.32. The van der Waals surface area contributed by atoms with Crippen LogP contribution >= 0.6 is 24.8 Å². The monoisotopic (exact) mass is 420 g/mol. The fourth-order valence-electron chi connectivity index (χ4n) is 5.44. The molecule has 0 aromatic rings. The molecule has 27 heavy (non-hydrogen) atoms. The molecule has 4 saturated heterocycles. The predicted octanol–water partition coefficient (Wildman–Crippen LogP) is 1.52. The summed E-state index contributed by atoms with van der Waals surface area (Å²) in [4.78, 5) is 32.3. The van der Waals surface area contributed by atoms with E-state index in [4.69, 9.17) is 0 Å². The van der Waals surface area contributed by atoms with Crippen molar-refractivity contribution in [2.24, 2.45) is 5.92 Å². The molecule has 4 rings (SSSR count). The zero-order chi connectivity index (χ0) is 17.4. The maximum absolute atomic E-state index is 13.2. The Morgan fingerprint density at radius 2 is 1.93 bits per heavy atom. The van der Waals surface area contributed by atoms with E-state index in [9.17, 15) is 9.59 Å². The molecule has 4 atom stereocenters. The molecule has 0 radical (unpaired) electrons. The van der Waals surface area contributed by atoms with Crippen LogP contribution in [0.5, 0.6) is 0 Å². The summed E-state index contributed by atoms with van der Waals surface area (Å²) < 4.78 is 0.